The largest absolute Gasteiger partial charge is 0.294 e. The van der Waals surface area contributed by atoms with Gasteiger partial charge in [-0.1, -0.05) is 27.5 Å². The van der Waals surface area contributed by atoms with Crippen LogP contribution >= 0.6 is 61.7 Å². The lowest BCUT2D eigenvalue weighted by atomic mass is 10.2. The van der Waals surface area contributed by atoms with Crippen LogP contribution in [0.4, 0.5) is 0 Å². The first kappa shape index (κ1) is 14.6. The van der Waals surface area contributed by atoms with Crippen molar-refractivity contribution in [2.45, 2.75) is 5.88 Å². The zero-order chi connectivity index (χ0) is 14.3. The third-order valence-corrected chi connectivity index (χ3v) is 4.68. The number of hydrogen-bond donors (Lipinski definition) is 0. The van der Waals surface area contributed by atoms with Crippen molar-refractivity contribution in [2.75, 3.05) is 0 Å². The summed E-state index contributed by atoms with van der Waals surface area (Å²) in [7, 11) is 0. The molecule has 2 nitrogen and oxygen atoms in total. The van der Waals surface area contributed by atoms with E-state index in [1.807, 2.05) is 41.0 Å². The predicted molar refractivity (Wildman–Crippen MR) is 96.1 cm³/mol. The van der Waals surface area contributed by atoms with E-state index in [-0.39, 0.29) is 0 Å². The van der Waals surface area contributed by atoms with Gasteiger partial charge in [0.25, 0.3) is 0 Å². The van der Waals surface area contributed by atoms with Crippen molar-refractivity contribution in [1.82, 2.24) is 9.55 Å². The van der Waals surface area contributed by atoms with Gasteiger partial charge in [-0.15, -0.1) is 11.6 Å². The predicted octanol–water partition coefficient (Wildman–Crippen LogP) is 5.78. The lowest BCUT2D eigenvalue weighted by molar-refractivity contribution is 0.981. The van der Waals surface area contributed by atoms with Crippen LogP contribution in [-0.4, -0.2) is 9.55 Å². The molecule has 1 aromatic heterocycles. The van der Waals surface area contributed by atoms with Crippen molar-refractivity contribution in [2.24, 2.45) is 0 Å². The fourth-order valence-electron chi connectivity index (χ4n) is 2.12. The van der Waals surface area contributed by atoms with Crippen LogP contribution in [0.25, 0.3) is 16.7 Å². The summed E-state index contributed by atoms with van der Waals surface area (Å²) in [5.41, 5.74) is 2.80. The Morgan fingerprint density at radius 1 is 1.20 bits per heavy atom. The van der Waals surface area contributed by atoms with Crippen LogP contribution in [0.2, 0.25) is 5.02 Å². The van der Waals surface area contributed by atoms with Crippen molar-refractivity contribution in [3.63, 3.8) is 0 Å². The summed E-state index contributed by atoms with van der Waals surface area (Å²) in [6.07, 6.45) is 0. The van der Waals surface area contributed by atoms with Crippen LogP contribution in [-0.2, 0) is 5.88 Å². The minimum Gasteiger partial charge on any atom is -0.294 e. The number of benzene rings is 2. The van der Waals surface area contributed by atoms with Crippen molar-refractivity contribution in [3.05, 3.63) is 55.3 Å². The van der Waals surface area contributed by atoms with Crippen LogP contribution < -0.4 is 0 Å². The van der Waals surface area contributed by atoms with Gasteiger partial charge < -0.3 is 0 Å². The number of fused-ring (bicyclic) bond motifs is 1. The maximum absolute atomic E-state index is 6.33. The second-order valence-electron chi connectivity index (χ2n) is 4.23. The number of imidazole rings is 1. The van der Waals surface area contributed by atoms with Crippen molar-refractivity contribution in [1.29, 1.82) is 0 Å². The van der Waals surface area contributed by atoms with Crippen molar-refractivity contribution >= 4 is 72.8 Å². The Kier molecular flexibility index (Phi) is 4.26. The highest BCUT2D eigenvalue weighted by molar-refractivity contribution is 14.1. The van der Waals surface area contributed by atoms with Gasteiger partial charge in [-0.25, -0.2) is 4.98 Å². The first-order chi connectivity index (χ1) is 9.60. The molecule has 0 atom stereocenters. The smallest absolute Gasteiger partial charge is 0.129 e. The molecule has 3 aromatic rings. The van der Waals surface area contributed by atoms with Crippen LogP contribution in [0.15, 0.2) is 40.9 Å². The molecular formula is C14H8BrCl2IN2. The summed E-state index contributed by atoms with van der Waals surface area (Å²) >= 11 is 18.1. The molecule has 0 N–H and O–H groups in total. The Hall–Kier alpha value is -0.300. The number of nitrogens with zero attached hydrogens (tertiary/aromatic N) is 2. The number of alkyl halides is 1. The molecule has 0 amide bonds. The Morgan fingerprint density at radius 3 is 2.75 bits per heavy atom. The SMILES string of the molecule is ClCc1nc2cc(I)ccc2n1-c1cc(Br)ccc1Cl. The van der Waals surface area contributed by atoms with E-state index in [2.05, 4.69) is 43.5 Å². The molecule has 0 bridgehead atoms. The summed E-state index contributed by atoms with van der Waals surface area (Å²) in [6, 6.07) is 11.9. The lowest BCUT2D eigenvalue weighted by Crippen LogP contribution is -2.00. The fraction of sp³-hybridized carbons (Fsp3) is 0.0714. The highest BCUT2D eigenvalue weighted by atomic mass is 127. The van der Waals surface area contributed by atoms with Crippen LogP contribution in [0, 0.1) is 3.57 Å². The molecule has 0 fully saturated rings. The average Bonchev–Trinajstić information content (AvgIpc) is 2.78. The summed E-state index contributed by atoms with van der Waals surface area (Å²) in [6.45, 7) is 0. The third-order valence-electron chi connectivity index (χ3n) is 2.95. The second-order valence-corrected chi connectivity index (χ2v) is 7.06. The Morgan fingerprint density at radius 2 is 2.00 bits per heavy atom. The standard InChI is InChI=1S/C14H8BrCl2IN2/c15-8-1-3-10(17)13(5-8)20-12-4-2-9(18)6-11(12)19-14(20)7-16/h1-6H,7H2. The summed E-state index contributed by atoms with van der Waals surface area (Å²) in [5.74, 6) is 1.11. The molecule has 6 heteroatoms. The third kappa shape index (κ3) is 2.58. The molecule has 0 radical (unpaired) electrons. The van der Waals surface area contributed by atoms with Gasteiger partial charge in [0.05, 0.1) is 27.6 Å². The van der Waals surface area contributed by atoms with E-state index in [9.17, 15) is 0 Å². The summed E-state index contributed by atoms with van der Waals surface area (Å²) in [5, 5.41) is 0.664. The lowest BCUT2D eigenvalue weighted by Gasteiger charge is -2.10. The number of halogens is 4. The summed E-state index contributed by atoms with van der Waals surface area (Å²) in [4.78, 5) is 4.59. The van der Waals surface area contributed by atoms with Gasteiger partial charge in [0.1, 0.15) is 5.82 Å². The Bertz CT molecular complexity index is 801. The van der Waals surface area contributed by atoms with Crippen LogP contribution in [0.3, 0.4) is 0 Å². The molecule has 0 unspecified atom stereocenters. The van der Waals surface area contributed by atoms with Gasteiger partial charge in [0.2, 0.25) is 0 Å². The number of rotatable bonds is 2. The molecule has 20 heavy (non-hydrogen) atoms. The maximum atomic E-state index is 6.33. The number of aromatic nitrogens is 2. The second kappa shape index (κ2) is 5.83. The Labute approximate surface area is 148 Å². The zero-order valence-corrected chi connectivity index (χ0v) is 15.3. The molecule has 0 saturated heterocycles. The normalized spacial score (nSPS) is 11.2. The monoisotopic (exact) mass is 480 g/mol. The van der Waals surface area contributed by atoms with Gasteiger partial charge >= 0.3 is 0 Å². The van der Waals surface area contributed by atoms with E-state index in [0.717, 1.165) is 30.6 Å². The first-order valence-corrected chi connectivity index (χ1v) is 8.57. The van der Waals surface area contributed by atoms with E-state index in [4.69, 9.17) is 23.2 Å². The minimum atomic E-state index is 0.327. The van der Waals surface area contributed by atoms with Crippen LogP contribution in [0.5, 0.6) is 0 Å². The van der Waals surface area contributed by atoms with Gasteiger partial charge in [0.15, 0.2) is 0 Å². The van der Waals surface area contributed by atoms with Gasteiger partial charge in [-0.05, 0) is 59.0 Å². The molecule has 1 heterocycles. The maximum Gasteiger partial charge on any atom is 0.129 e. The molecule has 0 spiro atoms. The Balaban J connectivity index is 2.37. The molecule has 2 aromatic carbocycles. The summed E-state index contributed by atoms with van der Waals surface area (Å²) < 4.78 is 4.11. The zero-order valence-electron chi connectivity index (χ0n) is 10.1. The van der Waals surface area contributed by atoms with E-state index < -0.39 is 0 Å². The van der Waals surface area contributed by atoms with Crippen molar-refractivity contribution in [3.8, 4) is 5.69 Å². The molecule has 102 valence electrons. The molecule has 0 aliphatic carbocycles. The molecule has 0 aliphatic heterocycles. The van der Waals surface area contributed by atoms with Gasteiger partial charge in [-0.2, -0.15) is 0 Å². The molecule has 0 saturated carbocycles. The van der Waals surface area contributed by atoms with Gasteiger partial charge in [0, 0.05) is 8.04 Å². The van der Waals surface area contributed by atoms with E-state index in [1.165, 1.54) is 0 Å². The van der Waals surface area contributed by atoms with Crippen molar-refractivity contribution < 1.29 is 0 Å². The molecular weight excluding hydrogens is 474 g/mol. The van der Waals surface area contributed by atoms with E-state index >= 15 is 0 Å². The highest BCUT2D eigenvalue weighted by Gasteiger charge is 2.14. The highest BCUT2D eigenvalue weighted by Crippen LogP contribution is 2.30. The van der Waals surface area contributed by atoms with E-state index in [1.54, 1.807) is 0 Å². The molecule has 0 aliphatic rings. The average molecular weight is 482 g/mol. The molecule has 3 rings (SSSR count). The van der Waals surface area contributed by atoms with Gasteiger partial charge in [-0.3, -0.25) is 4.57 Å². The van der Waals surface area contributed by atoms with E-state index in [0.29, 0.717) is 10.9 Å². The number of hydrogen-bond acceptors (Lipinski definition) is 1. The topological polar surface area (TPSA) is 17.8 Å². The van der Waals surface area contributed by atoms with Crippen LogP contribution in [0.1, 0.15) is 5.82 Å². The quantitative estimate of drug-likeness (QED) is 0.335. The first-order valence-electron chi connectivity index (χ1n) is 5.78. The minimum absolute atomic E-state index is 0.327. The fourth-order valence-corrected chi connectivity index (χ4v) is 3.32.